The molecule has 2 fully saturated rings. The van der Waals surface area contributed by atoms with E-state index in [0.29, 0.717) is 36.8 Å². The summed E-state index contributed by atoms with van der Waals surface area (Å²) in [4.78, 5) is 0. The van der Waals surface area contributed by atoms with Gasteiger partial charge in [-0.25, -0.2) is 5.09 Å². The second kappa shape index (κ2) is 15.9. The summed E-state index contributed by atoms with van der Waals surface area (Å²) >= 11 is 0. The SMILES string of the molecule is C=CCc1cccc2c1op(N[C@H]1[C@H]3OC(C)(C)O[C@H]3O[C@@H]1COp1oc3c(CC=C)cccc3c3cccc(CC=C)c3o1)oc1c(CC=C)cccc12. The molecule has 2 aromatic heterocycles. The molecule has 284 valence electrons. The number of hydrogen-bond donors (Lipinski definition) is 1. The number of fused-ring (bicyclic) bond motifs is 7. The smallest absolute Gasteiger partial charge is 0.387 e. The van der Waals surface area contributed by atoms with Gasteiger partial charge in [0.2, 0.25) is 0 Å². The molecule has 2 aliphatic rings. The van der Waals surface area contributed by atoms with Crippen LogP contribution in [0.15, 0.2) is 140 Å². The zero-order valence-electron chi connectivity index (χ0n) is 31.1. The molecule has 4 atom stereocenters. The van der Waals surface area contributed by atoms with Crippen molar-refractivity contribution in [3.63, 3.8) is 0 Å². The number of rotatable bonds is 13. The molecular formula is C44H45NO8P2. The fraction of sp³-hybridized carbons (Fsp3) is 0.273. The minimum absolute atomic E-state index is 0.0984. The molecule has 11 heteroatoms. The van der Waals surface area contributed by atoms with Crippen LogP contribution in [-0.2, 0) is 39.9 Å². The lowest BCUT2D eigenvalue weighted by Gasteiger charge is -2.25. The zero-order chi connectivity index (χ0) is 38.1. The molecule has 2 aliphatic heterocycles. The van der Waals surface area contributed by atoms with E-state index in [0.717, 1.165) is 55.0 Å². The van der Waals surface area contributed by atoms with Gasteiger partial charge in [-0.1, -0.05) is 97.1 Å². The maximum atomic E-state index is 6.83. The van der Waals surface area contributed by atoms with Gasteiger partial charge in [0.15, 0.2) is 12.1 Å². The number of allylic oxidation sites excluding steroid dienone is 4. The third-order valence-electron chi connectivity index (χ3n) is 9.85. The molecular weight excluding hydrogens is 732 g/mol. The highest BCUT2D eigenvalue weighted by Crippen LogP contribution is 2.44. The van der Waals surface area contributed by atoms with Gasteiger partial charge in [0, 0.05) is 21.5 Å². The van der Waals surface area contributed by atoms with Crippen LogP contribution in [0.3, 0.4) is 0 Å². The first-order valence-electron chi connectivity index (χ1n) is 18.4. The summed E-state index contributed by atoms with van der Waals surface area (Å²) in [5, 5.41) is 7.45. The molecule has 2 saturated heterocycles. The van der Waals surface area contributed by atoms with E-state index in [1.807, 2.05) is 86.7 Å². The van der Waals surface area contributed by atoms with E-state index in [9.17, 15) is 0 Å². The molecule has 9 nitrogen and oxygen atoms in total. The third kappa shape index (κ3) is 7.42. The lowest BCUT2D eigenvalue weighted by Crippen LogP contribution is -2.42. The molecule has 0 amide bonds. The molecule has 4 heterocycles. The van der Waals surface area contributed by atoms with Gasteiger partial charge in [-0.15, -0.1) is 26.3 Å². The van der Waals surface area contributed by atoms with Gasteiger partial charge in [0.1, 0.15) is 34.5 Å². The van der Waals surface area contributed by atoms with Gasteiger partial charge in [0.05, 0.1) is 12.6 Å². The summed E-state index contributed by atoms with van der Waals surface area (Å²) in [5.41, 5.74) is 6.90. The van der Waals surface area contributed by atoms with Gasteiger partial charge in [-0.3, -0.25) is 4.52 Å². The van der Waals surface area contributed by atoms with Crippen molar-refractivity contribution in [2.75, 3.05) is 11.7 Å². The van der Waals surface area contributed by atoms with Crippen LogP contribution >= 0.6 is 16.4 Å². The minimum Gasteiger partial charge on any atom is -0.408 e. The van der Waals surface area contributed by atoms with Crippen molar-refractivity contribution in [2.24, 2.45) is 0 Å². The van der Waals surface area contributed by atoms with Crippen LogP contribution in [0.2, 0.25) is 0 Å². The van der Waals surface area contributed by atoms with Crippen molar-refractivity contribution < 1.29 is 35.5 Å². The summed E-state index contributed by atoms with van der Waals surface area (Å²) in [6.45, 7) is 19.8. The number of ether oxygens (including phenoxy) is 3. The Hall–Kier alpha value is -4.56. The van der Waals surface area contributed by atoms with Gasteiger partial charge in [0.25, 0.3) is 0 Å². The largest absolute Gasteiger partial charge is 0.408 e. The van der Waals surface area contributed by atoms with Crippen molar-refractivity contribution in [1.82, 2.24) is 0 Å². The average Bonchev–Trinajstić information content (AvgIpc) is 3.48. The van der Waals surface area contributed by atoms with E-state index >= 15 is 0 Å². The molecule has 0 spiro atoms. The maximum Gasteiger partial charge on any atom is 0.387 e. The predicted octanol–water partition coefficient (Wildman–Crippen LogP) is 11.7. The summed E-state index contributed by atoms with van der Waals surface area (Å²) in [6.07, 6.45) is 8.29. The van der Waals surface area contributed by atoms with Crippen LogP contribution in [-0.4, -0.2) is 36.9 Å². The molecule has 0 unspecified atom stereocenters. The van der Waals surface area contributed by atoms with Crippen molar-refractivity contribution in [1.29, 1.82) is 0 Å². The second-order valence-electron chi connectivity index (χ2n) is 14.1. The summed E-state index contributed by atoms with van der Waals surface area (Å²) in [6, 6.07) is 24.1. The average molecular weight is 778 g/mol. The molecule has 8 rings (SSSR count). The van der Waals surface area contributed by atoms with Crippen molar-refractivity contribution in [2.45, 2.75) is 69.9 Å². The molecule has 0 aliphatic carbocycles. The highest BCUT2D eigenvalue weighted by atomic mass is 31.1. The van der Waals surface area contributed by atoms with Crippen LogP contribution in [0.4, 0.5) is 0 Å². The Morgan fingerprint density at radius 2 is 1.04 bits per heavy atom. The quantitative estimate of drug-likeness (QED) is 0.115. The zero-order valence-corrected chi connectivity index (χ0v) is 32.9. The molecule has 4 aromatic carbocycles. The van der Waals surface area contributed by atoms with Crippen LogP contribution in [0.25, 0.3) is 43.9 Å². The van der Waals surface area contributed by atoms with E-state index in [1.165, 1.54) is 0 Å². The van der Waals surface area contributed by atoms with Gasteiger partial charge < -0.3 is 31.0 Å². The van der Waals surface area contributed by atoms with E-state index < -0.39 is 46.7 Å². The first kappa shape index (κ1) is 37.4. The number of nitrogens with one attached hydrogen (secondary N) is 1. The Kier molecular flexibility index (Phi) is 10.8. The topological polar surface area (TPSA) is 102 Å². The summed E-state index contributed by atoms with van der Waals surface area (Å²) in [7, 11) is -3.74. The van der Waals surface area contributed by atoms with Crippen LogP contribution < -0.4 is 9.61 Å². The highest BCUT2D eigenvalue weighted by molar-refractivity contribution is 7.38. The molecule has 55 heavy (non-hydrogen) atoms. The monoisotopic (exact) mass is 777 g/mol. The lowest BCUT2D eigenvalue weighted by atomic mass is 10.0. The molecule has 0 bridgehead atoms. The fourth-order valence-electron chi connectivity index (χ4n) is 7.47. The lowest BCUT2D eigenvalue weighted by molar-refractivity contribution is -0.207. The fourth-order valence-corrected chi connectivity index (χ4v) is 10.1. The van der Waals surface area contributed by atoms with E-state index in [4.69, 9.17) is 35.5 Å². The molecule has 1 N–H and O–H groups in total. The van der Waals surface area contributed by atoms with Gasteiger partial charge >= 0.3 is 16.4 Å². The number of para-hydroxylation sites is 4. The van der Waals surface area contributed by atoms with Crippen LogP contribution in [0, 0.1) is 0 Å². The number of hydrogen-bond acceptors (Lipinski definition) is 9. The van der Waals surface area contributed by atoms with Crippen molar-refractivity contribution in [3.05, 3.63) is 146 Å². The normalized spacial score (nSPS) is 20.2. The minimum atomic E-state index is -1.94. The van der Waals surface area contributed by atoms with E-state index in [1.54, 1.807) is 0 Å². The van der Waals surface area contributed by atoms with Crippen molar-refractivity contribution in [3.8, 4) is 0 Å². The predicted molar refractivity (Wildman–Crippen MR) is 222 cm³/mol. The maximum absolute atomic E-state index is 6.83. The Morgan fingerprint density at radius 1 is 0.618 bits per heavy atom. The van der Waals surface area contributed by atoms with Crippen molar-refractivity contribution >= 4 is 60.3 Å². The Bertz CT molecular complexity index is 2380. The molecule has 0 radical (unpaired) electrons. The Labute approximate surface area is 322 Å². The van der Waals surface area contributed by atoms with Gasteiger partial charge in [-0.05, 0) is 61.8 Å². The van der Waals surface area contributed by atoms with E-state index in [-0.39, 0.29) is 6.61 Å². The Morgan fingerprint density at radius 3 is 1.45 bits per heavy atom. The first-order valence-corrected chi connectivity index (χ1v) is 20.7. The van der Waals surface area contributed by atoms with Crippen LogP contribution in [0.1, 0.15) is 36.1 Å². The van der Waals surface area contributed by atoms with Crippen LogP contribution in [0.5, 0.6) is 0 Å². The molecule has 6 aromatic rings. The van der Waals surface area contributed by atoms with E-state index in [2.05, 4.69) is 55.7 Å². The molecule has 0 saturated carbocycles. The summed E-state index contributed by atoms with van der Waals surface area (Å²) in [5.74, 6) is -0.860. The second-order valence-corrected chi connectivity index (χ2v) is 16.3. The first-order chi connectivity index (χ1) is 26.8. The third-order valence-corrected chi connectivity index (χ3v) is 12.1. The number of benzene rings is 4. The summed E-state index contributed by atoms with van der Waals surface area (Å²) < 4.78 is 52.8. The standard InChI is InChI=1S/C44H45NO8P2/c1-7-15-28-19-11-23-32-33-24-12-20-29(16-8-2)39(33)51-54(50-38(28)32)45-37-36(47-43-42(37)48-44(5,6)49-43)27-46-55-52-40-30(17-9-3)21-13-25-34(40)35-26-14-22-31(18-10-4)41(35)53-55/h7-14,19-26,36-37,42-43,45H,1-4,15-18,27H2,5-6H3/t36-,37-,42-,43-/m1/s1. The van der Waals surface area contributed by atoms with Gasteiger partial charge in [-0.2, -0.15) is 0 Å². The highest BCUT2D eigenvalue weighted by Gasteiger charge is 2.55. The Balaban J connectivity index is 1.22.